The molecule has 98 valence electrons. The summed E-state index contributed by atoms with van der Waals surface area (Å²) < 4.78 is 16.4. The molecule has 0 aliphatic heterocycles. The van der Waals surface area contributed by atoms with E-state index in [2.05, 4.69) is 6.58 Å². The van der Waals surface area contributed by atoms with Gasteiger partial charge in [-0.1, -0.05) is 36.9 Å². The van der Waals surface area contributed by atoms with Crippen LogP contribution in [0.25, 0.3) is 0 Å². The van der Waals surface area contributed by atoms with Gasteiger partial charge in [0.2, 0.25) is 0 Å². The highest BCUT2D eigenvalue weighted by Crippen LogP contribution is 2.30. The lowest BCUT2D eigenvalue weighted by Gasteiger charge is -2.12. The molecule has 2 aromatic rings. The Hall–Kier alpha value is -2.42. The van der Waals surface area contributed by atoms with E-state index < -0.39 is 0 Å². The molecule has 0 fully saturated rings. The van der Waals surface area contributed by atoms with Gasteiger partial charge in [0.15, 0.2) is 11.5 Å². The molecule has 2 rings (SSSR count). The van der Waals surface area contributed by atoms with E-state index in [1.54, 1.807) is 0 Å². The van der Waals surface area contributed by atoms with Crippen LogP contribution in [0.3, 0.4) is 0 Å². The molecule has 0 atom stereocenters. The van der Waals surface area contributed by atoms with Crippen LogP contribution in [0, 0.1) is 0 Å². The number of rotatable bonds is 7. The molecule has 0 heterocycles. The fourth-order valence-electron chi connectivity index (χ4n) is 1.55. The van der Waals surface area contributed by atoms with Crippen molar-refractivity contribution in [3.63, 3.8) is 0 Å². The van der Waals surface area contributed by atoms with Gasteiger partial charge in [-0.15, -0.1) is 0 Å². The third-order valence-electron chi connectivity index (χ3n) is 2.40. The van der Waals surface area contributed by atoms with Crippen molar-refractivity contribution in [3.8, 4) is 17.2 Å². The zero-order valence-corrected chi connectivity index (χ0v) is 10.6. The van der Waals surface area contributed by atoms with Gasteiger partial charge < -0.3 is 14.2 Å². The molecule has 0 radical (unpaired) electrons. The van der Waals surface area contributed by atoms with Crippen molar-refractivity contribution in [2.45, 2.75) is 0 Å². The van der Waals surface area contributed by atoms with E-state index >= 15 is 0 Å². The largest absolute Gasteiger partial charge is 0.498 e. The van der Waals surface area contributed by atoms with Crippen molar-refractivity contribution in [3.05, 3.63) is 67.4 Å². The summed E-state index contributed by atoms with van der Waals surface area (Å²) in [4.78, 5) is 0. The van der Waals surface area contributed by atoms with Crippen molar-refractivity contribution < 1.29 is 14.2 Å². The van der Waals surface area contributed by atoms with Gasteiger partial charge in [0.25, 0.3) is 0 Å². The normalized spacial score (nSPS) is 9.68. The number of hydrogen-bond donors (Lipinski definition) is 0. The van der Waals surface area contributed by atoms with Gasteiger partial charge in [-0.3, -0.25) is 0 Å². The summed E-state index contributed by atoms with van der Waals surface area (Å²) in [7, 11) is 0. The minimum absolute atomic E-state index is 0.446. The van der Waals surface area contributed by atoms with Gasteiger partial charge in [-0.05, 0) is 24.3 Å². The highest BCUT2D eigenvalue weighted by Gasteiger charge is 2.05. The first kappa shape index (κ1) is 13.0. The van der Waals surface area contributed by atoms with Gasteiger partial charge in [0, 0.05) is 0 Å². The van der Waals surface area contributed by atoms with E-state index in [1.165, 1.54) is 6.26 Å². The molecule has 3 nitrogen and oxygen atoms in total. The first-order chi connectivity index (χ1) is 9.40. The lowest BCUT2D eigenvalue weighted by molar-refractivity contribution is 0.177. The molecule has 2 aromatic carbocycles. The van der Waals surface area contributed by atoms with E-state index in [1.807, 2.05) is 54.6 Å². The van der Waals surface area contributed by atoms with E-state index in [0.29, 0.717) is 24.7 Å². The Labute approximate surface area is 113 Å². The molecule has 0 unspecified atom stereocenters. The van der Waals surface area contributed by atoms with Gasteiger partial charge in [0.05, 0.1) is 6.26 Å². The smallest absolute Gasteiger partial charge is 0.169 e. The molecule has 0 N–H and O–H groups in total. The quantitative estimate of drug-likeness (QED) is 0.553. The SMILES string of the molecule is C=COCCOc1ccccc1Oc1ccccc1. The Morgan fingerprint density at radius 2 is 1.53 bits per heavy atom. The third-order valence-corrected chi connectivity index (χ3v) is 2.40. The molecular formula is C16H16O3. The summed E-state index contributed by atoms with van der Waals surface area (Å²) in [6, 6.07) is 17.2. The fourth-order valence-corrected chi connectivity index (χ4v) is 1.55. The van der Waals surface area contributed by atoms with Crippen molar-refractivity contribution in [2.24, 2.45) is 0 Å². The monoisotopic (exact) mass is 256 g/mol. The van der Waals surface area contributed by atoms with Gasteiger partial charge >= 0.3 is 0 Å². The minimum Gasteiger partial charge on any atom is -0.498 e. The second-order valence-corrected chi connectivity index (χ2v) is 3.75. The predicted molar refractivity (Wildman–Crippen MR) is 74.6 cm³/mol. The maximum Gasteiger partial charge on any atom is 0.169 e. The second kappa shape index (κ2) is 7.11. The van der Waals surface area contributed by atoms with Crippen LogP contribution in [0.5, 0.6) is 17.2 Å². The second-order valence-electron chi connectivity index (χ2n) is 3.75. The molecule has 0 bridgehead atoms. The maximum atomic E-state index is 5.78. The van der Waals surface area contributed by atoms with Crippen molar-refractivity contribution >= 4 is 0 Å². The summed E-state index contributed by atoms with van der Waals surface area (Å²) >= 11 is 0. The van der Waals surface area contributed by atoms with E-state index in [0.717, 1.165) is 5.75 Å². The average molecular weight is 256 g/mol. The van der Waals surface area contributed by atoms with Crippen LogP contribution in [-0.2, 0) is 4.74 Å². The van der Waals surface area contributed by atoms with Gasteiger partial charge in [-0.25, -0.2) is 0 Å². The Bertz CT molecular complexity index is 508. The van der Waals surface area contributed by atoms with E-state index in [9.17, 15) is 0 Å². The van der Waals surface area contributed by atoms with Crippen molar-refractivity contribution in [2.75, 3.05) is 13.2 Å². The molecule has 0 aliphatic carbocycles. The zero-order chi connectivity index (χ0) is 13.3. The minimum atomic E-state index is 0.446. The van der Waals surface area contributed by atoms with Gasteiger partial charge in [0.1, 0.15) is 19.0 Å². The van der Waals surface area contributed by atoms with Crippen LogP contribution in [-0.4, -0.2) is 13.2 Å². The Balaban J connectivity index is 2.01. The van der Waals surface area contributed by atoms with Crippen LogP contribution in [0.1, 0.15) is 0 Å². The molecule has 0 amide bonds. The zero-order valence-electron chi connectivity index (χ0n) is 10.6. The molecule has 0 spiro atoms. The summed E-state index contributed by atoms with van der Waals surface area (Å²) in [5, 5.41) is 0. The standard InChI is InChI=1S/C16H16O3/c1-2-17-12-13-18-15-10-6-7-11-16(15)19-14-8-4-3-5-9-14/h2-11H,1,12-13H2. The number of benzene rings is 2. The highest BCUT2D eigenvalue weighted by molar-refractivity contribution is 5.42. The molecule has 0 aliphatic rings. The predicted octanol–water partition coefficient (Wildman–Crippen LogP) is 4.02. The fraction of sp³-hybridized carbons (Fsp3) is 0.125. The molecule has 3 heteroatoms. The van der Waals surface area contributed by atoms with E-state index in [4.69, 9.17) is 14.2 Å². The molecule has 0 saturated carbocycles. The number of ether oxygens (including phenoxy) is 3. The number of para-hydroxylation sites is 3. The Morgan fingerprint density at radius 3 is 2.26 bits per heavy atom. The van der Waals surface area contributed by atoms with Crippen LogP contribution < -0.4 is 9.47 Å². The summed E-state index contributed by atoms with van der Waals surface area (Å²) in [6.07, 6.45) is 1.40. The van der Waals surface area contributed by atoms with Gasteiger partial charge in [-0.2, -0.15) is 0 Å². The van der Waals surface area contributed by atoms with E-state index in [-0.39, 0.29) is 0 Å². The average Bonchev–Trinajstić information content (AvgIpc) is 2.46. The van der Waals surface area contributed by atoms with Crippen LogP contribution in [0.15, 0.2) is 67.4 Å². The molecule has 19 heavy (non-hydrogen) atoms. The summed E-state index contributed by atoms with van der Waals surface area (Å²) in [5.41, 5.74) is 0. The third kappa shape index (κ3) is 4.07. The van der Waals surface area contributed by atoms with Crippen LogP contribution >= 0.6 is 0 Å². The summed E-state index contributed by atoms with van der Waals surface area (Å²) in [5.74, 6) is 2.16. The Morgan fingerprint density at radius 1 is 0.842 bits per heavy atom. The van der Waals surface area contributed by atoms with Crippen molar-refractivity contribution in [1.82, 2.24) is 0 Å². The number of hydrogen-bond acceptors (Lipinski definition) is 3. The van der Waals surface area contributed by atoms with Crippen LogP contribution in [0.4, 0.5) is 0 Å². The molecular weight excluding hydrogens is 240 g/mol. The van der Waals surface area contributed by atoms with Crippen molar-refractivity contribution in [1.29, 1.82) is 0 Å². The topological polar surface area (TPSA) is 27.7 Å². The molecule has 0 aromatic heterocycles. The summed E-state index contributed by atoms with van der Waals surface area (Å²) in [6.45, 7) is 4.38. The maximum absolute atomic E-state index is 5.78. The Kier molecular flexibility index (Phi) is 4.87. The lowest BCUT2D eigenvalue weighted by Crippen LogP contribution is -2.04. The van der Waals surface area contributed by atoms with Crippen LogP contribution in [0.2, 0.25) is 0 Å². The highest BCUT2D eigenvalue weighted by atomic mass is 16.5. The first-order valence-electron chi connectivity index (χ1n) is 6.07. The molecule has 0 saturated heterocycles. The lowest BCUT2D eigenvalue weighted by atomic mass is 10.3. The first-order valence-corrected chi connectivity index (χ1v) is 6.07.